The number of carbonyl (C=O) groups excluding carboxylic acids is 1. The first-order chi connectivity index (χ1) is 9.40. The smallest absolute Gasteiger partial charge is 0.416 e. The van der Waals surface area contributed by atoms with E-state index >= 15 is 0 Å². The molecule has 1 aromatic rings. The van der Waals surface area contributed by atoms with E-state index in [1.165, 1.54) is 18.2 Å². The summed E-state index contributed by atoms with van der Waals surface area (Å²) in [4.78, 5) is 11.2. The molecule has 110 valence electrons. The molecule has 6 heteroatoms. The summed E-state index contributed by atoms with van der Waals surface area (Å²) in [6, 6.07) is 3.58. The van der Waals surface area contributed by atoms with Gasteiger partial charge in [0.2, 0.25) is 0 Å². The molecule has 0 amide bonds. The molecule has 0 unspecified atom stereocenters. The van der Waals surface area contributed by atoms with Crippen molar-refractivity contribution in [3.8, 4) is 5.75 Å². The molecule has 0 atom stereocenters. The number of esters is 1. The molecule has 0 aliphatic carbocycles. The molecule has 0 aromatic heterocycles. The summed E-state index contributed by atoms with van der Waals surface area (Å²) in [6.45, 7) is 4.81. The topological polar surface area (TPSA) is 35.5 Å². The van der Waals surface area contributed by atoms with E-state index in [9.17, 15) is 18.0 Å². The van der Waals surface area contributed by atoms with Gasteiger partial charge in [-0.1, -0.05) is 12.1 Å². The monoisotopic (exact) mass is 288 g/mol. The van der Waals surface area contributed by atoms with Crippen LogP contribution in [-0.2, 0) is 22.1 Å². The summed E-state index contributed by atoms with van der Waals surface area (Å²) in [5.74, 6) is -0.623. The van der Waals surface area contributed by atoms with E-state index in [-0.39, 0.29) is 24.3 Å². The predicted octanol–water partition coefficient (Wildman–Crippen LogP) is 3.38. The van der Waals surface area contributed by atoms with Crippen LogP contribution in [0.15, 0.2) is 30.9 Å². The third-order valence-corrected chi connectivity index (χ3v) is 2.44. The van der Waals surface area contributed by atoms with Crippen LogP contribution >= 0.6 is 0 Å². The maximum absolute atomic E-state index is 12.9. The Hall–Kier alpha value is -1.98. The molecule has 0 aliphatic rings. The second-order valence-electron chi connectivity index (χ2n) is 3.87. The van der Waals surface area contributed by atoms with Crippen LogP contribution < -0.4 is 4.74 Å². The van der Waals surface area contributed by atoms with Crippen LogP contribution in [0.25, 0.3) is 0 Å². The quantitative estimate of drug-likeness (QED) is 0.594. The molecule has 20 heavy (non-hydrogen) atoms. The number of hydrogen-bond donors (Lipinski definition) is 0. The SMILES string of the molecule is C=CCc1c(OCC(=O)OCC)cccc1C(F)(F)F. The van der Waals surface area contributed by atoms with Crippen molar-refractivity contribution in [3.05, 3.63) is 42.0 Å². The van der Waals surface area contributed by atoms with Gasteiger partial charge in [0, 0.05) is 5.56 Å². The maximum atomic E-state index is 12.9. The van der Waals surface area contributed by atoms with E-state index in [1.807, 2.05) is 0 Å². The minimum absolute atomic E-state index is 0.00611. The van der Waals surface area contributed by atoms with Gasteiger partial charge in [-0.05, 0) is 25.5 Å². The van der Waals surface area contributed by atoms with Gasteiger partial charge in [0.05, 0.1) is 12.2 Å². The zero-order valence-corrected chi connectivity index (χ0v) is 11.0. The average molecular weight is 288 g/mol. The zero-order chi connectivity index (χ0) is 15.2. The van der Waals surface area contributed by atoms with Crippen molar-refractivity contribution < 1.29 is 27.4 Å². The number of carbonyl (C=O) groups is 1. The molecule has 0 saturated heterocycles. The Labute approximate surface area is 115 Å². The van der Waals surface area contributed by atoms with Crippen LogP contribution in [0.1, 0.15) is 18.1 Å². The predicted molar refractivity (Wildman–Crippen MR) is 67.5 cm³/mol. The largest absolute Gasteiger partial charge is 0.482 e. The highest BCUT2D eigenvalue weighted by molar-refractivity contribution is 5.71. The lowest BCUT2D eigenvalue weighted by Crippen LogP contribution is -2.16. The fourth-order valence-corrected chi connectivity index (χ4v) is 1.66. The van der Waals surface area contributed by atoms with Crippen LogP contribution in [0, 0.1) is 0 Å². The molecule has 0 radical (unpaired) electrons. The zero-order valence-electron chi connectivity index (χ0n) is 11.0. The van der Waals surface area contributed by atoms with Gasteiger partial charge < -0.3 is 9.47 Å². The summed E-state index contributed by atoms with van der Waals surface area (Å²) < 4.78 is 48.4. The molecule has 0 bridgehead atoms. The van der Waals surface area contributed by atoms with Gasteiger partial charge in [0.25, 0.3) is 0 Å². The van der Waals surface area contributed by atoms with E-state index in [0.29, 0.717) is 0 Å². The molecule has 0 saturated carbocycles. The first kappa shape index (κ1) is 16.1. The van der Waals surface area contributed by atoms with E-state index in [1.54, 1.807) is 6.92 Å². The maximum Gasteiger partial charge on any atom is 0.416 e. The molecular weight excluding hydrogens is 273 g/mol. The fraction of sp³-hybridized carbons (Fsp3) is 0.357. The summed E-state index contributed by atoms with van der Waals surface area (Å²) in [7, 11) is 0. The number of ether oxygens (including phenoxy) is 2. The second kappa shape index (κ2) is 6.98. The number of alkyl halides is 3. The lowest BCUT2D eigenvalue weighted by Gasteiger charge is -2.16. The third-order valence-electron chi connectivity index (χ3n) is 2.44. The number of hydrogen-bond acceptors (Lipinski definition) is 3. The highest BCUT2D eigenvalue weighted by Crippen LogP contribution is 2.36. The fourth-order valence-electron chi connectivity index (χ4n) is 1.66. The van der Waals surface area contributed by atoms with Gasteiger partial charge in [-0.2, -0.15) is 13.2 Å². The summed E-state index contributed by atoms with van der Waals surface area (Å²) >= 11 is 0. The van der Waals surface area contributed by atoms with Crippen LogP contribution in [0.5, 0.6) is 5.75 Å². The van der Waals surface area contributed by atoms with Crippen molar-refractivity contribution in [3.63, 3.8) is 0 Å². The van der Waals surface area contributed by atoms with Crippen LogP contribution in [0.3, 0.4) is 0 Å². The average Bonchev–Trinajstić information content (AvgIpc) is 2.36. The van der Waals surface area contributed by atoms with Gasteiger partial charge in [-0.25, -0.2) is 4.79 Å². The second-order valence-corrected chi connectivity index (χ2v) is 3.87. The lowest BCUT2D eigenvalue weighted by atomic mass is 10.0. The van der Waals surface area contributed by atoms with Crippen LogP contribution in [0.4, 0.5) is 13.2 Å². The highest BCUT2D eigenvalue weighted by atomic mass is 19.4. The molecular formula is C14H15F3O3. The Balaban J connectivity index is 3.00. The minimum atomic E-state index is -4.48. The Morgan fingerprint density at radius 2 is 2.10 bits per heavy atom. The normalized spacial score (nSPS) is 11.0. The Kier molecular flexibility index (Phi) is 5.61. The van der Waals surface area contributed by atoms with Gasteiger partial charge in [-0.15, -0.1) is 6.58 Å². The number of rotatable bonds is 6. The van der Waals surface area contributed by atoms with Crippen molar-refractivity contribution in [2.24, 2.45) is 0 Å². The molecule has 1 rings (SSSR count). The Morgan fingerprint density at radius 1 is 1.40 bits per heavy atom. The highest BCUT2D eigenvalue weighted by Gasteiger charge is 2.34. The minimum Gasteiger partial charge on any atom is -0.482 e. The van der Waals surface area contributed by atoms with Gasteiger partial charge in [0.1, 0.15) is 5.75 Å². The van der Waals surface area contributed by atoms with E-state index in [4.69, 9.17) is 4.74 Å². The van der Waals surface area contributed by atoms with E-state index in [0.717, 1.165) is 6.07 Å². The number of benzene rings is 1. The van der Waals surface area contributed by atoms with Crippen molar-refractivity contribution in [1.29, 1.82) is 0 Å². The summed E-state index contributed by atoms with van der Waals surface area (Å²) in [6.07, 6.45) is -3.14. The summed E-state index contributed by atoms with van der Waals surface area (Å²) in [5, 5.41) is 0. The molecule has 0 heterocycles. The molecule has 0 N–H and O–H groups in total. The van der Waals surface area contributed by atoms with Gasteiger partial charge in [0.15, 0.2) is 6.61 Å². The Morgan fingerprint density at radius 3 is 2.65 bits per heavy atom. The molecule has 0 spiro atoms. The van der Waals surface area contributed by atoms with Crippen molar-refractivity contribution in [1.82, 2.24) is 0 Å². The summed E-state index contributed by atoms with van der Waals surface area (Å²) in [5.41, 5.74) is -0.835. The van der Waals surface area contributed by atoms with E-state index < -0.39 is 24.3 Å². The lowest BCUT2D eigenvalue weighted by molar-refractivity contribution is -0.145. The standard InChI is InChI=1S/C14H15F3O3/c1-3-6-10-11(14(15,16)17)7-5-8-12(10)20-9-13(18)19-4-2/h3,5,7-8H,1,4,6,9H2,2H3. The van der Waals surface area contributed by atoms with Crippen molar-refractivity contribution in [2.75, 3.05) is 13.2 Å². The van der Waals surface area contributed by atoms with Crippen molar-refractivity contribution in [2.45, 2.75) is 19.5 Å². The number of allylic oxidation sites excluding steroid dienone is 1. The van der Waals surface area contributed by atoms with Gasteiger partial charge in [-0.3, -0.25) is 0 Å². The first-order valence-electron chi connectivity index (χ1n) is 5.98. The molecule has 0 aliphatic heterocycles. The first-order valence-corrected chi connectivity index (χ1v) is 5.98. The molecule has 0 fully saturated rings. The third kappa shape index (κ3) is 4.29. The van der Waals surface area contributed by atoms with Gasteiger partial charge >= 0.3 is 12.1 Å². The van der Waals surface area contributed by atoms with E-state index in [2.05, 4.69) is 11.3 Å². The molecule has 1 aromatic carbocycles. The molecule has 3 nitrogen and oxygen atoms in total. The van der Waals surface area contributed by atoms with Crippen LogP contribution in [0.2, 0.25) is 0 Å². The number of halogens is 3. The Bertz CT molecular complexity index is 481. The van der Waals surface area contributed by atoms with Crippen molar-refractivity contribution >= 4 is 5.97 Å². The van der Waals surface area contributed by atoms with Crippen LogP contribution in [-0.4, -0.2) is 19.2 Å².